The third-order valence-corrected chi connectivity index (χ3v) is 3.47. The van der Waals surface area contributed by atoms with Crippen LogP contribution in [0.4, 0.5) is 4.79 Å². The number of hydrogen-bond donors (Lipinski definition) is 0. The second-order valence-corrected chi connectivity index (χ2v) is 4.96. The van der Waals surface area contributed by atoms with Crippen LogP contribution in [0, 0.1) is 6.92 Å². The molecule has 0 saturated carbocycles. The third kappa shape index (κ3) is 4.13. The van der Waals surface area contributed by atoms with Gasteiger partial charge in [-0.2, -0.15) is 0 Å². The molecule has 5 heteroatoms. The summed E-state index contributed by atoms with van der Waals surface area (Å²) in [7, 11) is 1.42. The minimum Gasteiger partial charge on any atom is -0.492 e. The smallest absolute Gasteiger partial charge is 0.409 e. The Hall–Kier alpha value is -1.75. The molecule has 0 spiro atoms. The van der Waals surface area contributed by atoms with E-state index in [0.29, 0.717) is 6.61 Å². The standard InChI is InChI=1S/C15H22N2O3/c1-13-4-3-5-14(12-13)20-11-10-16-6-8-17(9-7-16)15(18)19-2/h3-5,12H,6-11H2,1-2H3. The molecule has 0 N–H and O–H groups in total. The highest BCUT2D eigenvalue weighted by Crippen LogP contribution is 2.12. The number of piperazine rings is 1. The maximum absolute atomic E-state index is 11.4. The van der Waals surface area contributed by atoms with Crippen molar-refractivity contribution in [3.8, 4) is 5.75 Å². The second-order valence-electron chi connectivity index (χ2n) is 4.96. The van der Waals surface area contributed by atoms with Crippen LogP contribution in [0.3, 0.4) is 0 Å². The molecule has 1 aromatic rings. The number of amides is 1. The van der Waals surface area contributed by atoms with Crippen LogP contribution in [0.15, 0.2) is 24.3 Å². The van der Waals surface area contributed by atoms with E-state index in [1.807, 2.05) is 18.2 Å². The molecule has 1 heterocycles. The number of nitrogens with zero attached hydrogens (tertiary/aromatic N) is 2. The van der Waals surface area contributed by atoms with Gasteiger partial charge in [0.1, 0.15) is 12.4 Å². The molecule has 1 fully saturated rings. The van der Waals surface area contributed by atoms with E-state index in [9.17, 15) is 4.79 Å². The van der Waals surface area contributed by atoms with Gasteiger partial charge in [-0.15, -0.1) is 0 Å². The van der Waals surface area contributed by atoms with Crippen molar-refractivity contribution >= 4 is 6.09 Å². The van der Waals surface area contributed by atoms with E-state index in [2.05, 4.69) is 17.9 Å². The maximum Gasteiger partial charge on any atom is 0.409 e. The third-order valence-electron chi connectivity index (χ3n) is 3.47. The number of hydrogen-bond acceptors (Lipinski definition) is 4. The first kappa shape index (κ1) is 14.7. The normalized spacial score (nSPS) is 16.0. The highest BCUT2D eigenvalue weighted by molar-refractivity contribution is 5.67. The van der Waals surface area contributed by atoms with Crippen LogP contribution >= 0.6 is 0 Å². The zero-order valence-electron chi connectivity index (χ0n) is 12.2. The first-order valence-corrected chi connectivity index (χ1v) is 6.94. The lowest BCUT2D eigenvalue weighted by atomic mass is 10.2. The van der Waals surface area contributed by atoms with Gasteiger partial charge in [0.15, 0.2) is 0 Å². The molecule has 20 heavy (non-hydrogen) atoms. The number of carbonyl (C=O) groups is 1. The summed E-state index contributed by atoms with van der Waals surface area (Å²) in [4.78, 5) is 15.4. The first-order valence-electron chi connectivity index (χ1n) is 6.94. The van der Waals surface area contributed by atoms with E-state index < -0.39 is 0 Å². The molecule has 5 nitrogen and oxygen atoms in total. The van der Waals surface area contributed by atoms with Gasteiger partial charge >= 0.3 is 6.09 Å². The van der Waals surface area contributed by atoms with Crippen molar-refractivity contribution in [1.82, 2.24) is 9.80 Å². The van der Waals surface area contributed by atoms with Crippen molar-refractivity contribution in [2.45, 2.75) is 6.92 Å². The predicted octanol–water partition coefficient (Wildman–Crippen LogP) is 1.76. The number of ether oxygens (including phenoxy) is 2. The Morgan fingerprint density at radius 1 is 1.25 bits per heavy atom. The van der Waals surface area contributed by atoms with E-state index in [1.54, 1.807) is 4.90 Å². The molecule has 2 rings (SSSR count). The second kappa shape index (κ2) is 7.14. The average Bonchev–Trinajstić information content (AvgIpc) is 2.47. The lowest BCUT2D eigenvalue weighted by Crippen LogP contribution is -2.49. The molecule has 0 bridgehead atoms. The molecule has 0 unspecified atom stereocenters. The molecule has 0 atom stereocenters. The zero-order valence-corrected chi connectivity index (χ0v) is 12.2. The van der Waals surface area contributed by atoms with Gasteiger partial charge in [-0.3, -0.25) is 4.90 Å². The lowest BCUT2D eigenvalue weighted by molar-refractivity contribution is 0.0860. The fourth-order valence-corrected chi connectivity index (χ4v) is 2.28. The van der Waals surface area contributed by atoms with E-state index in [0.717, 1.165) is 38.5 Å². The van der Waals surface area contributed by atoms with Gasteiger partial charge < -0.3 is 14.4 Å². The molecule has 1 amide bonds. The van der Waals surface area contributed by atoms with Crippen molar-refractivity contribution in [2.24, 2.45) is 0 Å². The zero-order chi connectivity index (χ0) is 14.4. The number of rotatable bonds is 4. The average molecular weight is 278 g/mol. The van der Waals surface area contributed by atoms with Crippen molar-refractivity contribution in [3.63, 3.8) is 0 Å². The Morgan fingerprint density at radius 3 is 2.65 bits per heavy atom. The summed E-state index contributed by atoms with van der Waals surface area (Å²) in [6, 6.07) is 8.07. The number of benzene rings is 1. The molecule has 1 aromatic carbocycles. The monoisotopic (exact) mass is 278 g/mol. The van der Waals surface area contributed by atoms with Crippen LogP contribution in [0.2, 0.25) is 0 Å². The topological polar surface area (TPSA) is 42.0 Å². The Morgan fingerprint density at radius 2 is 2.00 bits per heavy atom. The Balaban J connectivity index is 1.67. The summed E-state index contributed by atoms with van der Waals surface area (Å²) in [5.41, 5.74) is 1.20. The van der Waals surface area contributed by atoms with Crippen LogP contribution in [-0.2, 0) is 4.74 Å². The molecule has 110 valence electrons. The molecule has 0 radical (unpaired) electrons. The minimum absolute atomic E-state index is 0.235. The van der Waals surface area contributed by atoms with Gasteiger partial charge in [0.2, 0.25) is 0 Å². The fourth-order valence-electron chi connectivity index (χ4n) is 2.28. The highest BCUT2D eigenvalue weighted by Gasteiger charge is 2.20. The van der Waals surface area contributed by atoms with Gasteiger partial charge in [-0.05, 0) is 24.6 Å². The Kier molecular flexibility index (Phi) is 5.24. The number of methoxy groups -OCH3 is 1. The number of carbonyl (C=O) groups excluding carboxylic acids is 1. The summed E-state index contributed by atoms with van der Waals surface area (Å²) in [6.07, 6.45) is -0.235. The van der Waals surface area contributed by atoms with Gasteiger partial charge in [-0.1, -0.05) is 12.1 Å². The van der Waals surface area contributed by atoms with Gasteiger partial charge in [-0.25, -0.2) is 4.79 Å². The number of aryl methyl sites for hydroxylation is 1. The summed E-state index contributed by atoms with van der Waals surface area (Å²) in [6.45, 7) is 6.77. The first-order chi connectivity index (χ1) is 9.69. The van der Waals surface area contributed by atoms with E-state index in [4.69, 9.17) is 9.47 Å². The van der Waals surface area contributed by atoms with Crippen molar-refractivity contribution < 1.29 is 14.3 Å². The van der Waals surface area contributed by atoms with Crippen molar-refractivity contribution in [1.29, 1.82) is 0 Å². The fraction of sp³-hybridized carbons (Fsp3) is 0.533. The molecule has 1 aliphatic rings. The highest BCUT2D eigenvalue weighted by atomic mass is 16.5. The van der Waals surface area contributed by atoms with Crippen LogP contribution in [0.1, 0.15) is 5.56 Å². The minimum atomic E-state index is -0.235. The van der Waals surface area contributed by atoms with Gasteiger partial charge in [0.25, 0.3) is 0 Å². The van der Waals surface area contributed by atoms with Crippen molar-refractivity contribution in [3.05, 3.63) is 29.8 Å². The van der Waals surface area contributed by atoms with Crippen molar-refractivity contribution in [2.75, 3.05) is 46.4 Å². The van der Waals surface area contributed by atoms with Gasteiger partial charge in [0.05, 0.1) is 7.11 Å². The van der Waals surface area contributed by atoms with Crippen LogP contribution < -0.4 is 4.74 Å². The van der Waals surface area contributed by atoms with Gasteiger partial charge in [0, 0.05) is 32.7 Å². The van der Waals surface area contributed by atoms with Crippen LogP contribution in [-0.4, -0.2) is 62.3 Å². The molecule has 0 aromatic heterocycles. The Labute approximate surface area is 120 Å². The van der Waals surface area contributed by atoms with Crippen LogP contribution in [0.5, 0.6) is 5.75 Å². The quantitative estimate of drug-likeness (QED) is 0.841. The van der Waals surface area contributed by atoms with Crippen LogP contribution in [0.25, 0.3) is 0 Å². The largest absolute Gasteiger partial charge is 0.492 e. The Bertz CT molecular complexity index is 442. The molecular formula is C15H22N2O3. The van der Waals surface area contributed by atoms with E-state index in [-0.39, 0.29) is 6.09 Å². The molecule has 1 saturated heterocycles. The maximum atomic E-state index is 11.4. The lowest BCUT2D eigenvalue weighted by Gasteiger charge is -2.33. The summed E-state index contributed by atoms with van der Waals surface area (Å²) < 4.78 is 10.5. The van der Waals surface area contributed by atoms with E-state index >= 15 is 0 Å². The predicted molar refractivity (Wildman–Crippen MR) is 77.1 cm³/mol. The molecular weight excluding hydrogens is 256 g/mol. The molecule has 1 aliphatic heterocycles. The summed E-state index contributed by atoms with van der Waals surface area (Å²) >= 11 is 0. The summed E-state index contributed by atoms with van der Waals surface area (Å²) in [5.74, 6) is 0.915. The van der Waals surface area contributed by atoms with E-state index in [1.165, 1.54) is 12.7 Å². The SMILES string of the molecule is COC(=O)N1CCN(CCOc2cccc(C)c2)CC1. The molecule has 0 aliphatic carbocycles. The summed E-state index contributed by atoms with van der Waals surface area (Å²) in [5, 5.41) is 0.